The molecule has 1 N–H and O–H groups in total. The van der Waals surface area contributed by atoms with E-state index in [0.29, 0.717) is 29.4 Å². The number of nitro benzene ring substituents is 1. The van der Waals surface area contributed by atoms with Gasteiger partial charge < -0.3 is 10.1 Å². The maximum absolute atomic E-state index is 12.2. The number of hydrogen-bond acceptors (Lipinski definition) is 5. The van der Waals surface area contributed by atoms with E-state index >= 15 is 0 Å². The van der Waals surface area contributed by atoms with Crippen LogP contribution < -0.4 is 10.1 Å². The van der Waals surface area contributed by atoms with Gasteiger partial charge in [0, 0.05) is 37.0 Å². The minimum atomic E-state index is -0.521. The van der Waals surface area contributed by atoms with Crippen molar-refractivity contribution in [3.8, 4) is 5.75 Å². The van der Waals surface area contributed by atoms with Crippen molar-refractivity contribution in [3.05, 3.63) is 86.1 Å². The summed E-state index contributed by atoms with van der Waals surface area (Å²) < 4.78 is 7.33. The van der Waals surface area contributed by atoms with Crippen molar-refractivity contribution < 1.29 is 14.5 Å². The Morgan fingerprint density at radius 3 is 2.60 bits per heavy atom. The van der Waals surface area contributed by atoms with E-state index in [-0.39, 0.29) is 23.2 Å². The number of carbonyl (C=O) groups is 1. The van der Waals surface area contributed by atoms with Crippen molar-refractivity contribution in [3.63, 3.8) is 0 Å². The zero-order valence-electron chi connectivity index (χ0n) is 15.8. The Morgan fingerprint density at radius 2 is 1.97 bits per heavy atom. The summed E-state index contributed by atoms with van der Waals surface area (Å²) in [5.41, 5.74) is 1.27. The summed E-state index contributed by atoms with van der Waals surface area (Å²) in [5.74, 6) is 0.182. The van der Waals surface area contributed by atoms with E-state index in [1.165, 1.54) is 18.2 Å². The van der Waals surface area contributed by atoms with Gasteiger partial charge in [-0.1, -0.05) is 35.3 Å². The Balaban J connectivity index is 1.46. The SMILES string of the molecule is O=C(NCCCn1cc(Cl)cn1)c1ccc(COc2ccc([N+](=O)[O-])cc2Cl)cc1. The number of nitro groups is 1. The summed E-state index contributed by atoms with van der Waals surface area (Å²) >= 11 is 11.8. The van der Waals surface area contributed by atoms with Gasteiger partial charge in [-0.05, 0) is 30.2 Å². The van der Waals surface area contributed by atoms with Crippen molar-refractivity contribution in [2.24, 2.45) is 0 Å². The van der Waals surface area contributed by atoms with E-state index in [1.807, 2.05) is 0 Å². The highest BCUT2D eigenvalue weighted by Crippen LogP contribution is 2.29. The number of nitrogens with one attached hydrogen (secondary N) is 1. The lowest BCUT2D eigenvalue weighted by Gasteiger charge is -2.09. The highest BCUT2D eigenvalue weighted by atomic mass is 35.5. The number of aromatic nitrogens is 2. The molecular weight excluding hydrogens is 431 g/mol. The number of rotatable bonds is 9. The molecule has 0 aliphatic rings. The molecule has 10 heteroatoms. The van der Waals surface area contributed by atoms with Crippen LogP contribution in [0.4, 0.5) is 5.69 Å². The Hall–Kier alpha value is -3.10. The van der Waals surface area contributed by atoms with Crippen LogP contribution in [0.1, 0.15) is 22.3 Å². The van der Waals surface area contributed by atoms with Gasteiger partial charge in [-0.2, -0.15) is 5.10 Å². The molecule has 156 valence electrons. The Bertz CT molecular complexity index is 1040. The van der Waals surface area contributed by atoms with Crippen molar-refractivity contribution in [2.75, 3.05) is 6.54 Å². The van der Waals surface area contributed by atoms with Gasteiger partial charge in [-0.3, -0.25) is 19.6 Å². The summed E-state index contributed by atoms with van der Waals surface area (Å²) in [6.45, 7) is 1.39. The molecule has 0 radical (unpaired) electrons. The summed E-state index contributed by atoms with van der Waals surface area (Å²) in [7, 11) is 0. The van der Waals surface area contributed by atoms with Gasteiger partial charge in [0.05, 0.1) is 21.2 Å². The van der Waals surface area contributed by atoms with Crippen molar-refractivity contribution >= 4 is 34.8 Å². The number of halogens is 2. The van der Waals surface area contributed by atoms with Gasteiger partial charge in [-0.25, -0.2) is 0 Å². The summed E-state index contributed by atoms with van der Waals surface area (Å²) in [6.07, 6.45) is 4.03. The number of amides is 1. The predicted molar refractivity (Wildman–Crippen MR) is 113 cm³/mol. The fraction of sp³-hybridized carbons (Fsp3) is 0.200. The largest absolute Gasteiger partial charge is 0.487 e. The molecule has 0 atom stereocenters. The standard InChI is InChI=1S/C20H18Cl2N4O4/c21-16-11-24-25(12-16)9-1-8-23-20(27)15-4-2-14(3-5-15)13-30-19-7-6-17(26(28)29)10-18(19)22/h2-7,10-12H,1,8-9,13H2,(H,23,27). The molecule has 8 nitrogen and oxygen atoms in total. The van der Waals surface area contributed by atoms with E-state index in [9.17, 15) is 14.9 Å². The highest BCUT2D eigenvalue weighted by Gasteiger charge is 2.11. The number of carbonyl (C=O) groups excluding carboxylic acids is 1. The first-order valence-electron chi connectivity index (χ1n) is 9.04. The number of aryl methyl sites for hydroxylation is 1. The third-order valence-electron chi connectivity index (χ3n) is 4.19. The molecule has 0 spiro atoms. The minimum Gasteiger partial charge on any atom is -0.487 e. The molecule has 0 aliphatic heterocycles. The Labute approximate surface area is 182 Å². The predicted octanol–water partition coefficient (Wildman–Crippen LogP) is 4.50. The van der Waals surface area contributed by atoms with Gasteiger partial charge in [0.15, 0.2) is 0 Å². The molecule has 0 bridgehead atoms. The molecule has 2 aromatic carbocycles. The minimum absolute atomic E-state index is 0.101. The second kappa shape index (κ2) is 10.1. The van der Waals surface area contributed by atoms with E-state index in [2.05, 4.69) is 10.4 Å². The number of nitrogens with zero attached hydrogens (tertiary/aromatic N) is 3. The normalized spacial score (nSPS) is 10.6. The molecular formula is C20H18Cl2N4O4. The van der Waals surface area contributed by atoms with Crippen LogP contribution in [0, 0.1) is 10.1 Å². The van der Waals surface area contributed by atoms with Gasteiger partial charge in [-0.15, -0.1) is 0 Å². The maximum atomic E-state index is 12.2. The van der Waals surface area contributed by atoms with Crippen molar-refractivity contribution in [2.45, 2.75) is 19.6 Å². The maximum Gasteiger partial charge on any atom is 0.271 e. The Kier molecular flexibility index (Phi) is 7.26. The van der Waals surface area contributed by atoms with Crippen LogP contribution in [0.25, 0.3) is 0 Å². The second-order valence-corrected chi connectivity index (χ2v) is 7.23. The fourth-order valence-corrected chi connectivity index (χ4v) is 3.03. The number of non-ortho nitro benzene ring substituents is 1. The number of ether oxygens (including phenoxy) is 1. The van der Waals surface area contributed by atoms with Gasteiger partial charge in [0.25, 0.3) is 11.6 Å². The third kappa shape index (κ3) is 5.95. The molecule has 3 rings (SSSR count). The lowest BCUT2D eigenvalue weighted by atomic mass is 10.1. The lowest BCUT2D eigenvalue weighted by molar-refractivity contribution is -0.384. The molecule has 3 aromatic rings. The molecule has 1 heterocycles. The molecule has 0 fully saturated rings. The van der Waals surface area contributed by atoms with Crippen LogP contribution in [0.5, 0.6) is 5.75 Å². The number of hydrogen-bond donors (Lipinski definition) is 1. The van der Waals surface area contributed by atoms with Crippen LogP contribution in [0.2, 0.25) is 10.0 Å². The average molecular weight is 449 g/mol. The van der Waals surface area contributed by atoms with Gasteiger partial charge >= 0.3 is 0 Å². The van der Waals surface area contributed by atoms with Crippen LogP contribution in [-0.2, 0) is 13.2 Å². The lowest BCUT2D eigenvalue weighted by Crippen LogP contribution is -2.25. The molecule has 0 saturated carbocycles. The average Bonchev–Trinajstić information content (AvgIpc) is 3.15. The monoisotopic (exact) mass is 448 g/mol. The topological polar surface area (TPSA) is 99.3 Å². The van der Waals surface area contributed by atoms with Crippen LogP contribution in [0.3, 0.4) is 0 Å². The van der Waals surface area contributed by atoms with Crippen LogP contribution >= 0.6 is 23.2 Å². The first-order chi connectivity index (χ1) is 14.4. The third-order valence-corrected chi connectivity index (χ3v) is 4.68. The van der Waals surface area contributed by atoms with Crippen LogP contribution in [-0.4, -0.2) is 27.2 Å². The van der Waals surface area contributed by atoms with Gasteiger partial charge in [0.1, 0.15) is 12.4 Å². The molecule has 0 unspecified atom stereocenters. The fourth-order valence-electron chi connectivity index (χ4n) is 2.64. The zero-order valence-corrected chi connectivity index (χ0v) is 17.3. The first kappa shape index (κ1) is 21.6. The van der Waals surface area contributed by atoms with Crippen molar-refractivity contribution in [1.82, 2.24) is 15.1 Å². The Morgan fingerprint density at radius 1 is 1.20 bits per heavy atom. The van der Waals surface area contributed by atoms with E-state index < -0.39 is 4.92 Å². The first-order valence-corrected chi connectivity index (χ1v) is 9.80. The molecule has 30 heavy (non-hydrogen) atoms. The van der Waals surface area contributed by atoms with E-state index in [4.69, 9.17) is 27.9 Å². The zero-order chi connectivity index (χ0) is 21.5. The molecule has 1 aromatic heterocycles. The highest BCUT2D eigenvalue weighted by molar-refractivity contribution is 6.32. The van der Waals surface area contributed by atoms with E-state index in [0.717, 1.165) is 12.0 Å². The summed E-state index contributed by atoms with van der Waals surface area (Å²) in [4.78, 5) is 22.4. The quantitative estimate of drug-likeness (QED) is 0.295. The number of benzene rings is 2. The van der Waals surface area contributed by atoms with E-state index in [1.54, 1.807) is 41.3 Å². The molecule has 0 aliphatic carbocycles. The smallest absolute Gasteiger partial charge is 0.271 e. The summed E-state index contributed by atoms with van der Waals surface area (Å²) in [5, 5.41) is 18.4. The summed E-state index contributed by atoms with van der Waals surface area (Å²) in [6, 6.07) is 11.0. The molecule has 1 amide bonds. The second-order valence-electron chi connectivity index (χ2n) is 6.39. The van der Waals surface area contributed by atoms with Crippen molar-refractivity contribution in [1.29, 1.82) is 0 Å². The molecule has 0 saturated heterocycles. The van der Waals surface area contributed by atoms with Crippen LogP contribution in [0.15, 0.2) is 54.9 Å². The van der Waals surface area contributed by atoms with Gasteiger partial charge in [0.2, 0.25) is 0 Å².